The maximum absolute atomic E-state index is 14.1. The molecule has 28 heteroatoms. The summed E-state index contributed by atoms with van der Waals surface area (Å²) in [5, 5.41) is 48.7. The Bertz CT molecular complexity index is 1960. The minimum atomic E-state index is -1.90. The van der Waals surface area contributed by atoms with E-state index in [4.69, 9.17) is 28.7 Å². The first-order valence-electron chi connectivity index (χ1n) is 26.4. The number of carboxylic acids is 3. The number of rotatable bonds is 42. The fraction of sp³-hybridized carbons (Fsp3) is 0.755. The van der Waals surface area contributed by atoms with Gasteiger partial charge in [-0.15, -0.1) is 0 Å². The summed E-state index contributed by atoms with van der Waals surface area (Å²) < 4.78 is 0. The Hall–Kier alpha value is -6.52. The Labute approximate surface area is 450 Å². The summed E-state index contributed by atoms with van der Waals surface area (Å²) in [5.41, 5.74) is 28.4. The van der Waals surface area contributed by atoms with Crippen LogP contribution in [0.25, 0.3) is 0 Å². The fourth-order valence-electron chi connectivity index (χ4n) is 7.74. The van der Waals surface area contributed by atoms with E-state index in [-0.39, 0.29) is 82.7 Å². The van der Waals surface area contributed by atoms with Crippen LogP contribution in [-0.2, 0) is 57.5 Å². The van der Waals surface area contributed by atoms with E-state index in [0.717, 1.165) is 0 Å². The number of amides is 9. The summed E-state index contributed by atoms with van der Waals surface area (Å²) in [7, 11) is 0. The number of primary amides is 1. The Kier molecular flexibility index (Phi) is 34.9. The molecule has 0 radical (unpaired) electrons. The number of nitrogens with one attached hydrogen (secondary N) is 8. The third kappa shape index (κ3) is 29.5. The van der Waals surface area contributed by atoms with Crippen molar-refractivity contribution in [3.63, 3.8) is 0 Å². The smallest absolute Gasteiger partial charge is 0.326 e. The molecule has 21 N–H and O–H groups in total. The summed E-state index contributed by atoms with van der Waals surface area (Å²) in [6.07, 6.45) is -0.0530. The zero-order chi connectivity index (χ0) is 58.9. The number of carbonyl (C=O) groups is 12. The van der Waals surface area contributed by atoms with E-state index in [1.165, 1.54) is 0 Å². The second-order valence-electron chi connectivity index (χ2n) is 20.1. The van der Waals surface area contributed by atoms with Crippen LogP contribution in [0, 0.1) is 17.8 Å². The van der Waals surface area contributed by atoms with E-state index in [2.05, 4.69) is 42.5 Å². The highest BCUT2D eigenvalue weighted by molar-refractivity contribution is 5.99. The number of carbonyl (C=O) groups excluding carboxylic acids is 9. The van der Waals surface area contributed by atoms with Crippen molar-refractivity contribution >= 4 is 71.1 Å². The van der Waals surface area contributed by atoms with E-state index in [9.17, 15) is 72.9 Å². The molecule has 28 nitrogen and oxygen atoms in total. The molecule has 0 heterocycles. The monoisotopic (exact) mass is 1100 g/mol. The number of hydrogen-bond donors (Lipinski definition) is 16. The second-order valence-corrected chi connectivity index (χ2v) is 20.1. The predicted octanol–water partition coefficient (Wildman–Crippen LogP) is -2.98. The zero-order valence-electron chi connectivity index (χ0n) is 45.5. The average Bonchev–Trinajstić information content (AvgIpc) is 3.34. The number of aliphatic carboxylic acids is 3. The van der Waals surface area contributed by atoms with Gasteiger partial charge in [-0.3, -0.25) is 52.7 Å². The summed E-state index contributed by atoms with van der Waals surface area (Å²) >= 11 is 0. The van der Waals surface area contributed by atoms with E-state index in [1.807, 2.05) is 0 Å². The SMILES string of the molecule is CC[C@H](C)[C@H](NC(=O)[C@H](CC(=O)O)NC(=O)[C@H](CCCCN)NC(=O)[C@H](CCC(N)=O)NC(=O)[C@H](CC(C)C)NC(=O)[C@@H](N)CCCCN)C(=O)N[C@@H](CCCCN)C(=O)N[C@@H](CC(=O)O)C(=O)N[C@@H](CC(C)C)C(=O)O. The Morgan fingerprint density at radius 2 is 0.753 bits per heavy atom. The molecule has 0 spiro atoms. The largest absolute Gasteiger partial charge is 0.481 e. The van der Waals surface area contributed by atoms with Crippen LogP contribution in [0.4, 0.5) is 0 Å². The molecule has 0 aliphatic rings. The number of hydrogen-bond acceptors (Lipinski definition) is 16. The highest BCUT2D eigenvalue weighted by Crippen LogP contribution is 2.14. The molecule has 10 atom stereocenters. The minimum Gasteiger partial charge on any atom is -0.481 e. The highest BCUT2D eigenvalue weighted by Gasteiger charge is 2.37. The molecule has 0 aliphatic heterocycles. The van der Waals surface area contributed by atoms with Crippen molar-refractivity contribution in [2.45, 2.75) is 199 Å². The summed E-state index contributed by atoms with van der Waals surface area (Å²) in [6, 6.07) is -13.3. The van der Waals surface area contributed by atoms with Crippen LogP contribution in [0.3, 0.4) is 0 Å². The topological polar surface area (TPSA) is 492 Å². The molecule has 77 heavy (non-hydrogen) atoms. The van der Waals surface area contributed by atoms with Crippen LogP contribution in [0.5, 0.6) is 0 Å². The Morgan fingerprint density at radius 1 is 0.416 bits per heavy atom. The molecule has 0 bridgehead atoms. The van der Waals surface area contributed by atoms with Gasteiger partial charge in [0.1, 0.15) is 48.3 Å². The fourth-order valence-corrected chi connectivity index (χ4v) is 7.74. The van der Waals surface area contributed by atoms with Crippen LogP contribution in [0.1, 0.15) is 144 Å². The first kappa shape index (κ1) is 70.5. The molecular formula is C49H89N13O15. The molecule has 0 saturated heterocycles. The standard InChI is InChI=1S/C49H89N13O15/c1-7-28(6)40(48(75)57-31(16-10-13-21-52)43(70)59-34(24-38(64)65)46(73)61-36(49(76)77)23-27(4)5)62-47(74)35(25-39(66)67)60-42(69)30(15-9-12-20-51)55-44(71)32(17-18-37(54)63)56-45(72)33(22-26(2)3)58-41(68)29(53)14-8-11-19-50/h26-36,40H,7-25,50-53H2,1-6H3,(H2,54,63)(H,55,71)(H,56,72)(H,57,75)(H,58,68)(H,59,70)(H,60,69)(H,61,73)(H,62,74)(H,64,65)(H,66,67)(H,76,77)/t28-,29-,30-,31-,32-,33-,34-,35-,36-,40-/m0/s1. The lowest BCUT2D eigenvalue weighted by molar-refractivity contribution is -0.144. The van der Waals surface area contributed by atoms with Crippen LogP contribution in [0.2, 0.25) is 0 Å². The third-order valence-electron chi connectivity index (χ3n) is 12.3. The van der Waals surface area contributed by atoms with Gasteiger partial charge in [0.2, 0.25) is 53.2 Å². The van der Waals surface area contributed by atoms with E-state index in [1.54, 1.807) is 41.5 Å². The summed E-state index contributed by atoms with van der Waals surface area (Å²) in [5.74, 6) is -14.2. The Balaban J connectivity index is 6.85. The van der Waals surface area contributed by atoms with Gasteiger partial charge >= 0.3 is 17.9 Å². The molecule has 0 saturated carbocycles. The second kappa shape index (κ2) is 38.1. The molecule has 440 valence electrons. The van der Waals surface area contributed by atoms with Crippen molar-refractivity contribution in [2.24, 2.45) is 46.4 Å². The van der Waals surface area contributed by atoms with Crippen molar-refractivity contribution < 1.29 is 72.9 Å². The maximum Gasteiger partial charge on any atom is 0.326 e. The minimum absolute atomic E-state index is 0.0176. The lowest BCUT2D eigenvalue weighted by Crippen LogP contribution is -2.61. The lowest BCUT2D eigenvalue weighted by Gasteiger charge is -2.29. The van der Waals surface area contributed by atoms with Gasteiger partial charge in [-0.1, -0.05) is 54.4 Å². The van der Waals surface area contributed by atoms with Gasteiger partial charge in [0.15, 0.2) is 0 Å². The van der Waals surface area contributed by atoms with Gasteiger partial charge in [0, 0.05) is 6.42 Å². The van der Waals surface area contributed by atoms with Crippen LogP contribution >= 0.6 is 0 Å². The lowest BCUT2D eigenvalue weighted by atomic mass is 9.96. The van der Waals surface area contributed by atoms with Crippen LogP contribution < -0.4 is 71.2 Å². The summed E-state index contributed by atoms with van der Waals surface area (Å²) in [4.78, 5) is 158. The molecule has 0 unspecified atom stereocenters. The van der Waals surface area contributed by atoms with Gasteiger partial charge in [0.05, 0.1) is 18.9 Å². The first-order valence-corrected chi connectivity index (χ1v) is 26.4. The van der Waals surface area contributed by atoms with E-state index >= 15 is 0 Å². The van der Waals surface area contributed by atoms with Crippen molar-refractivity contribution in [3.05, 3.63) is 0 Å². The highest BCUT2D eigenvalue weighted by atomic mass is 16.4. The summed E-state index contributed by atoms with van der Waals surface area (Å²) in [6.45, 7) is 10.9. The normalized spacial score (nSPS) is 15.1. The van der Waals surface area contributed by atoms with Crippen molar-refractivity contribution in [3.8, 4) is 0 Å². The van der Waals surface area contributed by atoms with Crippen LogP contribution in [-0.4, -0.2) is 160 Å². The van der Waals surface area contributed by atoms with Crippen molar-refractivity contribution in [2.75, 3.05) is 19.6 Å². The van der Waals surface area contributed by atoms with Gasteiger partial charge < -0.3 is 86.5 Å². The molecular weight excluding hydrogens is 1010 g/mol. The molecule has 0 fully saturated rings. The van der Waals surface area contributed by atoms with Crippen LogP contribution in [0.15, 0.2) is 0 Å². The number of carboxylic acid groups (broad SMARTS) is 3. The van der Waals surface area contributed by atoms with E-state index < -0.39 is 151 Å². The van der Waals surface area contributed by atoms with Crippen molar-refractivity contribution in [1.29, 1.82) is 0 Å². The predicted molar refractivity (Wildman–Crippen MR) is 281 cm³/mol. The number of unbranched alkanes of at least 4 members (excludes halogenated alkanes) is 3. The molecule has 0 aromatic heterocycles. The Morgan fingerprint density at radius 3 is 1.14 bits per heavy atom. The first-order chi connectivity index (χ1) is 36.1. The number of nitrogens with two attached hydrogens (primary N) is 5. The molecule has 9 amide bonds. The van der Waals surface area contributed by atoms with Gasteiger partial charge in [-0.05, 0) is 108 Å². The van der Waals surface area contributed by atoms with Crippen molar-refractivity contribution in [1.82, 2.24) is 42.5 Å². The van der Waals surface area contributed by atoms with E-state index in [0.29, 0.717) is 32.2 Å². The zero-order valence-corrected chi connectivity index (χ0v) is 45.5. The molecule has 0 aromatic carbocycles. The molecule has 0 aromatic rings. The molecule has 0 aliphatic carbocycles. The maximum atomic E-state index is 14.1. The average molecular weight is 1100 g/mol. The van der Waals surface area contributed by atoms with Gasteiger partial charge in [-0.25, -0.2) is 4.79 Å². The van der Waals surface area contributed by atoms with Gasteiger partial charge in [0.25, 0.3) is 0 Å². The molecule has 0 rings (SSSR count). The third-order valence-corrected chi connectivity index (χ3v) is 12.3. The van der Waals surface area contributed by atoms with Gasteiger partial charge in [-0.2, -0.15) is 0 Å². The quantitative estimate of drug-likeness (QED) is 0.0271.